The molecule has 0 aromatic heterocycles. The Bertz CT molecular complexity index is 1340. The van der Waals surface area contributed by atoms with Crippen molar-refractivity contribution in [3.63, 3.8) is 0 Å². The molecule has 224 valence electrons. The first-order chi connectivity index (χ1) is 20.4. The second kappa shape index (κ2) is 13.8. The minimum absolute atomic E-state index is 0.0753. The molecule has 2 aliphatic heterocycles. The van der Waals surface area contributed by atoms with E-state index in [1.54, 1.807) is 12.0 Å². The highest BCUT2D eigenvalue weighted by Crippen LogP contribution is 2.43. The Kier molecular flexibility index (Phi) is 9.95. The van der Waals surface area contributed by atoms with E-state index >= 15 is 0 Å². The summed E-state index contributed by atoms with van der Waals surface area (Å²) in [6.07, 6.45) is 1.19. The summed E-state index contributed by atoms with van der Waals surface area (Å²) in [6.45, 7) is 9.38. The van der Waals surface area contributed by atoms with E-state index in [4.69, 9.17) is 14.2 Å². The fraction of sp³-hybridized carbons (Fsp3) is 0.457. The third-order valence-corrected chi connectivity index (χ3v) is 8.65. The van der Waals surface area contributed by atoms with Crippen LogP contribution in [-0.4, -0.2) is 69.2 Å². The highest BCUT2D eigenvalue weighted by atomic mass is 16.6. The van der Waals surface area contributed by atoms with E-state index in [-0.39, 0.29) is 12.0 Å². The Morgan fingerprint density at radius 1 is 1.12 bits per heavy atom. The van der Waals surface area contributed by atoms with E-state index in [1.807, 2.05) is 0 Å². The number of aryl methyl sites for hydroxylation is 1. The lowest BCUT2D eigenvalue weighted by Gasteiger charge is -2.42. The summed E-state index contributed by atoms with van der Waals surface area (Å²) >= 11 is 0. The fourth-order valence-corrected chi connectivity index (χ4v) is 6.32. The molecule has 1 unspecified atom stereocenters. The number of carbonyl (C=O) groups excluding carboxylic acids is 1. The zero-order valence-corrected chi connectivity index (χ0v) is 25.1. The van der Waals surface area contributed by atoms with Gasteiger partial charge in [-0.05, 0) is 65.3 Å². The van der Waals surface area contributed by atoms with Crippen molar-refractivity contribution in [3.8, 4) is 11.1 Å². The highest BCUT2D eigenvalue weighted by Gasteiger charge is 2.42. The number of carbonyl (C=O) groups is 1. The average molecular weight is 573 g/mol. The molecule has 5 rings (SSSR count). The molecule has 2 aliphatic rings. The Balaban J connectivity index is 1.32. The van der Waals surface area contributed by atoms with Gasteiger partial charge in [0.15, 0.2) is 0 Å². The number of methoxy groups -OCH3 is 1. The molecule has 7 heteroatoms. The molecular formula is C35H44N2O5. The minimum Gasteiger partial charge on any atom is -0.448 e. The van der Waals surface area contributed by atoms with E-state index in [9.17, 15) is 9.90 Å². The van der Waals surface area contributed by atoms with E-state index in [0.717, 1.165) is 40.8 Å². The third-order valence-electron chi connectivity index (χ3n) is 8.65. The maximum Gasteiger partial charge on any atom is 0.409 e. The summed E-state index contributed by atoms with van der Waals surface area (Å²) in [5.41, 5.74) is 6.92. The highest BCUT2D eigenvalue weighted by molar-refractivity contribution is 5.70. The molecule has 2 N–H and O–H groups in total. The first kappa shape index (κ1) is 30.2. The van der Waals surface area contributed by atoms with Crippen LogP contribution in [0.1, 0.15) is 47.1 Å². The third kappa shape index (κ3) is 6.87. The molecule has 0 bridgehead atoms. The van der Waals surface area contributed by atoms with Crippen LogP contribution in [0.3, 0.4) is 0 Å². The number of cyclic esters (lactones) is 1. The van der Waals surface area contributed by atoms with Crippen LogP contribution in [0, 0.1) is 12.8 Å². The normalized spacial score (nSPS) is 21.4. The quantitative estimate of drug-likeness (QED) is 0.302. The topological polar surface area (TPSA) is 80.3 Å². The van der Waals surface area contributed by atoms with Gasteiger partial charge in [0.25, 0.3) is 0 Å². The van der Waals surface area contributed by atoms with Gasteiger partial charge in [0.05, 0.1) is 32.0 Å². The summed E-state index contributed by atoms with van der Waals surface area (Å²) < 4.78 is 16.2. The zero-order chi connectivity index (χ0) is 29.5. The summed E-state index contributed by atoms with van der Waals surface area (Å²) in [5.74, 6) is 0.276. The molecule has 3 atom stereocenters. The van der Waals surface area contributed by atoms with Gasteiger partial charge in [-0.3, -0.25) is 0 Å². The van der Waals surface area contributed by atoms with Crippen LogP contribution in [-0.2, 0) is 32.8 Å². The molecule has 2 saturated heterocycles. The largest absolute Gasteiger partial charge is 0.448 e. The lowest BCUT2D eigenvalue weighted by Crippen LogP contribution is -2.46. The number of ether oxygens (including phenoxy) is 3. The smallest absolute Gasteiger partial charge is 0.409 e. The van der Waals surface area contributed by atoms with Crippen LogP contribution >= 0.6 is 0 Å². The zero-order valence-electron chi connectivity index (χ0n) is 25.1. The van der Waals surface area contributed by atoms with Crippen molar-refractivity contribution >= 4 is 6.09 Å². The van der Waals surface area contributed by atoms with E-state index in [2.05, 4.69) is 85.9 Å². The molecule has 0 aliphatic carbocycles. The summed E-state index contributed by atoms with van der Waals surface area (Å²) in [5, 5.41) is 15.7. The minimum atomic E-state index is -0.966. The van der Waals surface area contributed by atoms with E-state index in [0.29, 0.717) is 58.4 Å². The monoisotopic (exact) mass is 572 g/mol. The van der Waals surface area contributed by atoms with Crippen LogP contribution in [0.4, 0.5) is 4.79 Å². The molecule has 2 fully saturated rings. The van der Waals surface area contributed by atoms with Crippen LogP contribution in [0.5, 0.6) is 0 Å². The van der Waals surface area contributed by atoms with Gasteiger partial charge in [-0.15, -0.1) is 0 Å². The molecule has 1 amide bonds. The van der Waals surface area contributed by atoms with Gasteiger partial charge in [-0.25, -0.2) is 4.79 Å². The van der Waals surface area contributed by atoms with Gasteiger partial charge in [0.1, 0.15) is 6.61 Å². The van der Waals surface area contributed by atoms with Gasteiger partial charge < -0.3 is 29.5 Å². The first-order valence-electron chi connectivity index (χ1n) is 15.1. The summed E-state index contributed by atoms with van der Waals surface area (Å²) in [7, 11) is 1.71. The number of benzene rings is 3. The number of nitrogens with one attached hydrogen (secondary N) is 1. The molecule has 2 heterocycles. The Morgan fingerprint density at radius 3 is 2.67 bits per heavy atom. The van der Waals surface area contributed by atoms with Crippen molar-refractivity contribution in [2.45, 2.75) is 44.8 Å². The lowest BCUT2D eigenvalue weighted by atomic mass is 9.72. The van der Waals surface area contributed by atoms with E-state index in [1.165, 1.54) is 11.1 Å². The second-order valence-corrected chi connectivity index (χ2v) is 11.8. The maximum atomic E-state index is 12.2. The number of hydrogen-bond donors (Lipinski definition) is 2. The fourth-order valence-electron chi connectivity index (χ4n) is 6.32. The Labute approximate surface area is 249 Å². The number of aliphatic hydroxyl groups is 1. The first-order valence-corrected chi connectivity index (χ1v) is 15.1. The molecule has 42 heavy (non-hydrogen) atoms. The Morgan fingerprint density at radius 2 is 1.93 bits per heavy atom. The van der Waals surface area contributed by atoms with Gasteiger partial charge in [-0.1, -0.05) is 73.7 Å². The van der Waals surface area contributed by atoms with E-state index < -0.39 is 5.60 Å². The molecule has 3 aromatic carbocycles. The molecule has 0 radical (unpaired) electrons. The van der Waals surface area contributed by atoms with Crippen LogP contribution in [0.2, 0.25) is 0 Å². The van der Waals surface area contributed by atoms with Crippen molar-refractivity contribution < 1.29 is 24.1 Å². The van der Waals surface area contributed by atoms with Crippen LogP contribution < -0.4 is 5.32 Å². The standard InChI is InChI=1S/C35H44N2O5/c1-25(22-40-3)23-41-24-27-8-11-30(12-9-27)35(39)15-16-36-21-33(35)31-13-10-29(20-26(31)2)32-7-5-4-6-28(32)14-17-37-18-19-42-34(37)38/h4-13,20,25,33,36,39H,14-19,21-24H2,1-3H3/t25-,33+,35?/m0/s1. The van der Waals surface area contributed by atoms with Crippen LogP contribution in [0.15, 0.2) is 66.7 Å². The van der Waals surface area contributed by atoms with Gasteiger partial charge >= 0.3 is 6.09 Å². The number of nitrogens with zero attached hydrogens (tertiary/aromatic N) is 1. The summed E-state index contributed by atoms with van der Waals surface area (Å²) in [6, 6.07) is 23.3. The Hall–Kier alpha value is -3.23. The van der Waals surface area contributed by atoms with Gasteiger partial charge in [-0.2, -0.15) is 0 Å². The van der Waals surface area contributed by atoms with Gasteiger partial charge in [0.2, 0.25) is 0 Å². The van der Waals surface area contributed by atoms with Crippen LogP contribution in [0.25, 0.3) is 11.1 Å². The molecule has 0 spiro atoms. The average Bonchev–Trinajstić information content (AvgIpc) is 3.41. The second-order valence-electron chi connectivity index (χ2n) is 11.8. The van der Waals surface area contributed by atoms with Crippen molar-refractivity contribution in [1.82, 2.24) is 10.2 Å². The predicted octanol–water partition coefficient (Wildman–Crippen LogP) is 5.42. The number of hydrogen-bond acceptors (Lipinski definition) is 6. The molecule has 3 aromatic rings. The molecule has 0 saturated carbocycles. The van der Waals surface area contributed by atoms with Crippen molar-refractivity contribution in [1.29, 1.82) is 0 Å². The number of piperidine rings is 1. The van der Waals surface area contributed by atoms with Crippen molar-refractivity contribution in [3.05, 3.63) is 94.5 Å². The molecule has 7 nitrogen and oxygen atoms in total. The SMILES string of the molecule is COC[C@H](C)COCc1ccc(C2(O)CCNC[C@@H]2c2ccc(-c3ccccc3CCN3CCOC3=O)cc2C)cc1. The number of rotatable bonds is 12. The van der Waals surface area contributed by atoms with Gasteiger partial charge in [0, 0.05) is 32.0 Å². The predicted molar refractivity (Wildman–Crippen MR) is 165 cm³/mol. The molecular weight excluding hydrogens is 528 g/mol. The van der Waals surface area contributed by atoms with Crippen molar-refractivity contribution in [2.75, 3.05) is 53.1 Å². The maximum absolute atomic E-state index is 12.2. The lowest BCUT2D eigenvalue weighted by molar-refractivity contribution is -0.0156. The number of amides is 1. The van der Waals surface area contributed by atoms with Crippen molar-refractivity contribution in [2.24, 2.45) is 5.92 Å². The summed E-state index contributed by atoms with van der Waals surface area (Å²) in [4.78, 5) is 13.7.